The number of aryl methyl sites for hydroxylation is 2. The zero-order chi connectivity index (χ0) is 19.3. The zero-order valence-corrected chi connectivity index (χ0v) is 16.3. The number of imide groups is 1. The minimum Gasteiger partial charge on any atom is -0.283 e. The summed E-state index contributed by atoms with van der Waals surface area (Å²) in [5.74, 6) is -0.549. The van der Waals surface area contributed by atoms with Gasteiger partial charge in [-0.25, -0.2) is 4.90 Å². The minimum absolute atomic E-state index is 0.128. The molecule has 0 radical (unpaired) electrons. The lowest BCUT2D eigenvalue weighted by molar-refractivity contribution is -0.128. The number of para-hydroxylation sites is 1. The topological polar surface area (TPSA) is 57.7 Å². The molecular formula is C21H20N2O3S. The maximum absolute atomic E-state index is 13.6. The Balaban J connectivity index is 1.95. The van der Waals surface area contributed by atoms with E-state index in [0.717, 1.165) is 11.1 Å². The minimum atomic E-state index is -1.22. The summed E-state index contributed by atoms with van der Waals surface area (Å²) < 4.78 is 0. The average Bonchev–Trinajstić information content (AvgIpc) is 3.14. The maximum atomic E-state index is 13.6. The molecule has 3 amide bonds. The van der Waals surface area contributed by atoms with Crippen molar-refractivity contribution in [3.8, 4) is 0 Å². The number of thioether (sulfide) groups is 1. The summed E-state index contributed by atoms with van der Waals surface area (Å²) in [5, 5.41) is 0. The van der Waals surface area contributed by atoms with Gasteiger partial charge < -0.3 is 0 Å². The van der Waals surface area contributed by atoms with Crippen molar-refractivity contribution in [3.63, 3.8) is 0 Å². The van der Waals surface area contributed by atoms with Crippen LogP contribution in [0.3, 0.4) is 0 Å². The largest absolute Gasteiger partial charge is 0.283 e. The molecule has 1 spiro atoms. The number of hydrogen-bond donors (Lipinski definition) is 0. The van der Waals surface area contributed by atoms with E-state index in [1.54, 1.807) is 17.9 Å². The predicted molar refractivity (Wildman–Crippen MR) is 107 cm³/mol. The number of carbonyl (C=O) groups excluding carboxylic acids is 3. The van der Waals surface area contributed by atoms with Gasteiger partial charge in [-0.3, -0.25) is 19.3 Å². The zero-order valence-electron chi connectivity index (χ0n) is 15.5. The smallest absolute Gasteiger partial charge is 0.275 e. The Morgan fingerprint density at radius 3 is 2.56 bits per heavy atom. The molecule has 2 aliphatic heterocycles. The van der Waals surface area contributed by atoms with Crippen LogP contribution in [0.4, 0.5) is 11.4 Å². The van der Waals surface area contributed by atoms with Crippen LogP contribution in [0.2, 0.25) is 0 Å². The Labute approximate surface area is 162 Å². The first kappa shape index (κ1) is 17.8. The third-order valence-corrected chi connectivity index (χ3v) is 6.66. The van der Waals surface area contributed by atoms with Gasteiger partial charge >= 0.3 is 0 Å². The van der Waals surface area contributed by atoms with E-state index in [1.807, 2.05) is 50.2 Å². The van der Waals surface area contributed by atoms with Crippen LogP contribution in [0.5, 0.6) is 0 Å². The van der Waals surface area contributed by atoms with Gasteiger partial charge in [0.05, 0.1) is 11.4 Å². The number of carbonyl (C=O) groups is 3. The first-order valence-electron chi connectivity index (χ1n) is 8.93. The summed E-state index contributed by atoms with van der Waals surface area (Å²) >= 11 is 1.29. The Morgan fingerprint density at radius 2 is 1.85 bits per heavy atom. The first-order chi connectivity index (χ1) is 12.9. The van der Waals surface area contributed by atoms with E-state index in [9.17, 15) is 14.4 Å². The molecule has 1 saturated heterocycles. The highest BCUT2D eigenvalue weighted by molar-refractivity contribution is 8.02. The van der Waals surface area contributed by atoms with Crippen LogP contribution in [-0.4, -0.2) is 23.5 Å². The van der Waals surface area contributed by atoms with E-state index in [1.165, 1.54) is 16.7 Å². The second-order valence-electron chi connectivity index (χ2n) is 6.84. The average molecular weight is 380 g/mol. The molecule has 0 N–H and O–H groups in total. The molecular weight excluding hydrogens is 360 g/mol. The number of amides is 3. The number of anilines is 2. The molecule has 1 atom stereocenters. The highest BCUT2D eigenvalue weighted by Crippen LogP contribution is 2.55. The highest BCUT2D eigenvalue weighted by atomic mass is 32.2. The maximum Gasteiger partial charge on any atom is 0.275 e. The van der Waals surface area contributed by atoms with E-state index in [-0.39, 0.29) is 29.9 Å². The summed E-state index contributed by atoms with van der Waals surface area (Å²) in [5.41, 5.74) is 4.12. The SMILES string of the molecule is CCC(=O)N1C(=O)[C@@]2(SCC(=O)N2c2ccc(C)c(C)c2)c2ccccc21. The van der Waals surface area contributed by atoms with Crippen molar-refractivity contribution in [1.29, 1.82) is 0 Å². The van der Waals surface area contributed by atoms with E-state index >= 15 is 0 Å². The summed E-state index contributed by atoms with van der Waals surface area (Å²) in [4.78, 5) is 40.6. The van der Waals surface area contributed by atoms with Crippen molar-refractivity contribution in [2.75, 3.05) is 15.6 Å². The fourth-order valence-corrected chi connectivity index (χ4v) is 5.09. The molecule has 0 aromatic heterocycles. The monoisotopic (exact) mass is 380 g/mol. The van der Waals surface area contributed by atoms with E-state index in [4.69, 9.17) is 0 Å². The fraction of sp³-hybridized carbons (Fsp3) is 0.286. The molecule has 2 aromatic carbocycles. The Hall–Kier alpha value is -2.60. The summed E-state index contributed by atoms with van der Waals surface area (Å²) in [6.07, 6.45) is 0.221. The van der Waals surface area contributed by atoms with Gasteiger partial charge in [-0.15, -0.1) is 11.8 Å². The Morgan fingerprint density at radius 1 is 1.11 bits per heavy atom. The number of fused-ring (bicyclic) bond motifs is 2. The summed E-state index contributed by atoms with van der Waals surface area (Å²) in [6.45, 7) is 5.72. The van der Waals surface area contributed by atoms with Gasteiger partial charge in [0.2, 0.25) is 16.7 Å². The van der Waals surface area contributed by atoms with Crippen molar-refractivity contribution < 1.29 is 14.4 Å². The van der Waals surface area contributed by atoms with Gasteiger partial charge in [-0.2, -0.15) is 0 Å². The second-order valence-corrected chi connectivity index (χ2v) is 8.00. The molecule has 2 heterocycles. The number of hydrogen-bond acceptors (Lipinski definition) is 4. The van der Waals surface area contributed by atoms with Crippen LogP contribution in [0.15, 0.2) is 42.5 Å². The first-order valence-corrected chi connectivity index (χ1v) is 9.91. The van der Waals surface area contributed by atoms with Gasteiger partial charge in [0, 0.05) is 17.7 Å². The van der Waals surface area contributed by atoms with Crippen LogP contribution < -0.4 is 9.80 Å². The fourth-order valence-electron chi connectivity index (χ4n) is 3.75. The summed E-state index contributed by atoms with van der Waals surface area (Å²) in [6, 6.07) is 13.0. The third-order valence-electron chi connectivity index (χ3n) is 5.27. The van der Waals surface area contributed by atoms with E-state index in [2.05, 4.69) is 0 Å². The third kappa shape index (κ3) is 2.36. The molecule has 4 rings (SSSR count). The predicted octanol–water partition coefficient (Wildman–Crippen LogP) is 3.52. The lowest BCUT2D eigenvalue weighted by atomic mass is 10.0. The van der Waals surface area contributed by atoms with Gasteiger partial charge in [0.25, 0.3) is 5.91 Å². The number of benzene rings is 2. The molecule has 2 aliphatic rings. The molecule has 6 heteroatoms. The van der Waals surface area contributed by atoms with Crippen molar-refractivity contribution in [3.05, 3.63) is 59.2 Å². The van der Waals surface area contributed by atoms with Crippen molar-refractivity contribution in [2.45, 2.75) is 32.1 Å². The normalized spacial score (nSPS) is 21.3. The van der Waals surface area contributed by atoms with Gasteiger partial charge in [-0.05, 0) is 43.2 Å². The molecule has 0 unspecified atom stereocenters. The second kappa shape index (κ2) is 6.23. The Kier molecular flexibility index (Phi) is 4.11. The molecule has 5 nitrogen and oxygen atoms in total. The standard InChI is InChI=1S/C21H20N2O3S/c1-4-18(24)22-17-8-6-5-7-16(17)21(20(22)26)23(19(25)12-27-21)15-10-9-13(2)14(3)11-15/h5-11H,4,12H2,1-3H3/t21-/m0/s1. The van der Waals surface area contributed by atoms with Gasteiger partial charge in [0.1, 0.15) is 0 Å². The van der Waals surface area contributed by atoms with Crippen LogP contribution in [0, 0.1) is 13.8 Å². The van der Waals surface area contributed by atoms with E-state index < -0.39 is 4.87 Å². The summed E-state index contributed by atoms with van der Waals surface area (Å²) in [7, 11) is 0. The molecule has 138 valence electrons. The van der Waals surface area contributed by atoms with Crippen molar-refractivity contribution in [1.82, 2.24) is 0 Å². The molecule has 0 aliphatic carbocycles. The molecule has 27 heavy (non-hydrogen) atoms. The quantitative estimate of drug-likeness (QED) is 0.800. The molecule has 0 bridgehead atoms. The van der Waals surface area contributed by atoms with Crippen LogP contribution in [0.25, 0.3) is 0 Å². The number of nitrogens with zero attached hydrogens (tertiary/aromatic N) is 2. The van der Waals surface area contributed by atoms with E-state index in [0.29, 0.717) is 16.9 Å². The van der Waals surface area contributed by atoms with Gasteiger partial charge in [0.15, 0.2) is 0 Å². The molecule has 2 aromatic rings. The van der Waals surface area contributed by atoms with Crippen molar-refractivity contribution >= 4 is 40.9 Å². The van der Waals surface area contributed by atoms with Crippen molar-refractivity contribution in [2.24, 2.45) is 0 Å². The van der Waals surface area contributed by atoms with Crippen LogP contribution >= 0.6 is 11.8 Å². The van der Waals surface area contributed by atoms with Crippen LogP contribution in [-0.2, 0) is 19.3 Å². The lowest BCUT2D eigenvalue weighted by Crippen LogP contribution is -2.51. The Bertz CT molecular complexity index is 987. The molecule has 0 saturated carbocycles. The lowest BCUT2D eigenvalue weighted by Gasteiger charge is -2.33. The van der Waals surface area contributed by atoms with Gasteiger partial charge in [-0.1, -0.05) is 31.2 Å². The number of rotatable bonds is 2. The van der Waals surface area contributed by atoms with Crippen LogP contribution in [0.1, 0.15) is 30.0 Å². The molecule has 1 fully saturated rings. The highest BCUT2D eigenvalue weighted by Gasteiger charge is 2.62.